The van der Waals surface area contributed by atoms with Gasteiger partial charge in [0.05, 0.1) is 6.61 Å². The second-order valence-electron chi connectivity index (χ2n) is 6.41. The van der Waals surface area contributed by atoms with E-state index in [1.165, 1.54) is 12.8 Å². The van der Waals surface area contributed by atoms with Gasteiger partial charge in [-0.3, -0.25) is 4.90 Å². The van der Waals surface area contributed by atoms with Gasteiger partial charge < -0.3 is 10.0 Å². The zero-order valence-electron chi connectivity index (χ0n) is 13.1. The van der Waals surface area contributed by atoms with Crippen LogP contribution in [-0.4, -0.2) is 58.8 Å². The number of rotatable bonds is 4. The number of aryl methyl sites for hydroxylation is 1. The third-order valence-electron chi connectivity index (χ3n) is 4.54. The van der Waals surface area contributed by atoms with Crippen molar-refractivity contribution in [1.29, 1.82) is 0 Å². The zero-order valence-corrected chi connectivity index (χ0v) is 13.1. The van der Waals surface area contributed by atoms with Gasteiger partial charge in [0.1, 0.15) is 11.6 Å². The summed E-state index contributed by atoms with van der Waals surface area (Å²) in [6.45, 7) is 8.45. The van der Waals surface area contributed by atoms with E-state index in [1.54, 1.807) is 0 Å². The molecule has 1 aliphatic carbocycles. The molecular formula is C16H26N4O. The Morgan fingerprint density at radius 2 is 2.05 bits per heavy atom. The summed E-state index contributed by atoms with van der Waals surface area (Å²) in [4.78, 5) is 14.1. The summed E-state index contributed by atoms with van der Waals surface area (Å²) >= 11 is 0. The summed E-state index contributed by atoms with van der Waals surface area (Å²) in [5, 5.41) is 9.33. The van der Waals surface area contributed by atoms with Gasteiger partial charge in [0.25, 0.3) is 0 Å². The lowest BCUT2D eigenvalue weighted by Crippen LogP contribution is -2.38. The van der Waals surface area contributed by atoms with E-state index in [0.29, 0.717) is 5.92 Å². The van der Waals surface area contributed by atoms with Crippen LogP contribution in [0.3, 0.4) is 0 Å². The largest absolute Gasteiger partial charge is 0.395 e. The smallest absolute Gasteiger partial charge is 0.134 e. The molecule has 5 heteroatoms. The third-order valence-corrected chi connectivity index (χ3v) is 4.54. The predicted octanol–water partition coefficient (Wildman–Crippen LogP) is 1.56. The molecule has 1 atom stereocenters. The topological polar surface area (TPSA) is 52.5 Å². The Kier molecular flexibility index (Phi) is 4.40. The van der Waals surface area contributed by atoms with E-state index in [0.717, 1.165) is 49.9 Å². The highest BCUT2D eigenvalue weighted by atomic mass is 16.3. The maximum atomic E-state index is 9.33. The first-order valence-corrected chi connectivity index (χ1v) is 8.13. The molecule has 1 unspecified atom stereocenters. The molecule has 0 aromatic carbocycles. The van der Waals surface area contributed by atoms with Crippen LogP contribution in [0.1, 0.15) is 43.6 Å². The third kappa shape index (κ3) is 3.52. The van der Waals surface area contributed by atoms with E-state index in [-0.39, 0.29) is 12.6 Å². The van der Waals surface area contributed by atoms with E-state index >= 15 is 0 Å². The van der Waals surface area contributed by atoms with Crippen LogP contribution in [0.5, 0.6) is 0 Å². The molecule has 3 rings (SSSR count). The van der Waals surface area contributed by atoms with Crippen molar-refractivity contribution >= 4 is 5.82 Å². The SMILES string of the molecule is Cc1cc(N2CCCN(C(C)CO)CC2)nc(C2CC2)n1. The van der Waals surface area contributed by atoms with Crippen LogP contribution in [-0.2, 0) is 0 Å². The summed E-state index contributed by atoms with van der Waals surface area (Å²) < 4.78 is 0. The quantitative estimate of drug-likeness (QED) is 0.912. The van der Waals surface area contributed by atoms with Gasteiger partial charge in [0.15, 0.2) is 0 Å². The minimum Gasteiger partial charge on any atom is -0.395 e. The van der Waals surface area contributed by atoms with Crippen LogP contribution in [0, 0.1) is 6.92 Å². The molecular weight excluding hydrogens is 264 g/mol. The molecule has 2 aliphatic rings. The molecule has 5 nitrogen and oxygen atoms in total. The van der Waals surface area contributed by atoms with Crippen LogP contribution in [0.2, 0.25) is 0 Å². The van der Waals surface area contributed by atoms with Crippen molar-refractivity contribution < 1.29 is 5.11 Å². The summed E-state index contributed by atoms with van der Waals surface area (Å²) in [7, 11) is 0. The van der Waals surface area contributed by atoms with E-state index < -0.39 is 0 Å². The van der Waals surface area contributed by atoms with Gasteiger partial charge in [-0.15, -0.1) is 0 Å². The molecule has 0 spiro atoms. The second-order valence-corrected chi connectivity index (χ2v) is 6.41. The van der Waals surface area contributed by atoms with Crippen LogP contribution < -0.4 is 4.90 Å². The number of aromatic nitrogens is 2. The van der Waals surface area contributed by atoms with Gasteiger partial charge in [-0.05, 0) is 33.1 Å². The van der Waals surface area contributed by atoms with E-state index in [4.69, 9.17) is 4.98 Å². The highest BCUT2D eigenvalue weighted by Crippen LogP contribution is 2.38. The first-order chi connectivity index (χ1) is 10.2. The summed E-state index contributed by atoms with van der Waals surface area (Å²) in [6.07, 6.45) is 3.60. The lowest BCUT2D eigenvalue weighted by atomic mass is 10.3. The number of nitrogens with zero attached hydrogens (tertiary/aromatic N) is 4. The molecule has 2 fully saturated rings. The zero-order chi connectivity index (χ0) is 14.8. The molecule has 1 aromatic rings. The standard InChI is InChI=1S/C16H26N4O/c1-12-10-15(18-16(17-12)14-4-5-14)20-7-3-6-19(8-9-20)13(2)11-21/h10,13-14,21H,3-9,11H2,1-2H3. The van der Waals surface area contributed by atoms with Crippen molar-refractivity contribution in [2.24, 2.45) is 0 Å². The lowest BCUT2D eigenvalue weighted by Gasteiger charge is -2.26. The molecule has 0 bridgehead atoms. The molecule has 2 heterocycles. The number of hydrogen-bond donors (Lipinski definition) is 1. The highest BCUT2D eigenvalue weighted by molar-refractivity contribution is 5.40. The summed E-state index contributed by atoms with van der Waals surface area (Å²) in [6, 6.07) is 2.36. The maximum absolute atomic E-state index is 9.33. The Labute approximate surface area is 127 Å². The molecule has 0 radical (unpaired) electrons. The summed E-state index contributed by atoms with van der Waals surface area (Å²) in [5.74, 6) is 2.72. The van der Waals surface area contributed by atoms with Crippen molar-refractivity contribution in [3.05, 3.63) is 17.6 Å². The van der Waals surface area contributed by atoms with Gasteiger partial charge in [-0.25, -0.2) is 9.97 Å². The van der Waals surface area contributed by atoms with Crippen molar-refractivity contribution in [1.82, 2.24) is 14.9 Å². The van der Waals surface area contributed by atoms with Gasteiger partial charge in [-0.1, -0.05) is 0 Å². The highest BCUT2D eigenvalue weighted by Gasteiger charge is 2.28. The molecule has 1 N–H and O–H groups in total. The Morgan fingerprint density at radius 3 is 2.76 bits per heavy atom. The molecule has 1 saturated heterocycles. The van der Waals surface area contributed by atoms with Crippen LogP contribution in [0.25, 0.3) is 0 Å². The molecule has 21 heavy (non-hydrogen) atoms. The Balaban J connectivity index is 1.72. The Bertz CT molecular complexity index is 489. The fraction of sp³-hybridized carbons (Fsp3) is 0.750. The average Bonchev–Trinajstić information content (AvgIpc) is 3.31. The minimum absolute atomic E-state index is 0.235. The minimum atomic E-state index is 0.235. The fourth-order valence-electron chi connectivity index (χ4n) is 2.98. The second kappa shape index (κ2) is 6.28. The van der Waals surface area contributed by atoms with Gasteiger partial charge in [-0.2, -0.15) is 0 Å². The van der Waals surface area contributed by atoms with Crippen molar-refractivity contribution in [2.45, 2.75) is 45.1 Å². The van der Waals surface area contributed by atoms with Crippen molar-refractivity contribution in [2.75, 3.05) is 37.7 Å². The van der Waals surface area contributed by atoms with Crippen LogP contribution >= 0.6 is 0 Å². The molecule has 116 valence electrons. The van der Waals surface area contributed by atoms with E-state index in [2.05, 4.69) is 34.7 Å². The summed E-state index contributed by atoms with van der Waals surface area (Å²) in [5.41, 5.74) is 1.08. The van der Waals surface area contributed by atoms with Gasteiger partial charge in [0.2, 0.25) is 0 Å². The van der Waals surface area contributed by atoms with Crippen LogP contribution in [0.4, 0.5) is 5.82 Å². The Morgan fingerprint density at radius 1 is 1.24 bits per heavy atom. The predicted molar refractivity (Wildman–Crippen MR) is 83.7 cm³/mol. The molecule has 1 aromatic heterocycles. The normalized spacial score (nSPS) is 22.1. The Hall–Kier alpha value is -1.20. The molecule has 0 amide bonds. The van der Waals surface area contributed by atoms with E-state index in [9.17, 15) is 5.11 Å². The molecule has 1 aliphatic heterocycles. The fourth-order valence-corrected chi connectivity index (χ4v) is 2.98. The first kappa shape index (κ1) is 14.7. The van der Waals surface area contributed by atoms with Crippen molar-refractivity contribution in [3.63, 3.8) is 0 Å². The van der Waals surface area contributed by atoms with Crippen LogP contribution in [0.15, 0.2) is 6.07 Å². The average molecular weight is 290 g/mol. The molecule has 1 saturated carbocycles. The number of aliphatic hydroxyl groups excluding tert-OH is 1. The number of anilines is 1. The van der Waals surface area contributed by atoms with Crippen molar-refractivity contribution in [3.8, 4) is 0 Å². The number of hydrogen-bond acceptors (Lipinski definition) is 5. The monoisotopic (exact) mass is 290 g/mol. The maximum Gasteiger partial charge on any atom is 0.134 e. The van der Waals surface area contributed by atoms with Gasteiger partial charge >= 0.3 is 0 Å². The number of aliphatic hydroxyl groups is 1. The van der Waals surface area contributed by atoms with Gasteiger partial charge in [0, 0.05) is 49.9 Å². The van der Waals surface area contributed by atoms with E-state index in [1.807, 2.05) is 0 Å². The first-order valence-electron chi connectivity index (χ1n) is 8.13. The lowest BCUT2D eigenvalue weighted by molar-refractivity contribution is 0.141.